The van der Waals surface area contributed by atoms with Gasteiger partial charge in [0.25, 0.3) is 0 Å². The van der Waals surface area contributed by atoms with E-state index < -0.39 is 0 Å². The van der Waals surface area contributed by atoms with Crippen LogP contribution in [0.25, 0.3) is 10.8 Å². The highest BCUT2D eigenvalue weighted by atomic mass is 16.5. The van der Waals surface area contributed by atoms with Gasteiger partial charge in [-0.05, 0) is 71.1 Å². The van der Waals surface area contributed by atoms with E-state index in [0.29, 0.717) is 6.61 Å². The van der Waals surface area contributed by atoms with Crippen LogP contribution in [-0.4, -0.2) is 0 Å². The minimum atomic E-state index is 0.565. The maximum Gasteiger partial charge on any atom is 0.120 e. The lowest BCUT2D eigenvalue weighted by Gasteiger charge is -2.12. The first-order valence-electron chi connectivity index (χ1n) is 9.68. The fourth-order valence-corrected chi connectivity index (χ4v) is 3.38. The molecule has 0 atom stereocenters. The van der Waals surface area contributed by atoms with E-state index in [9.17, 15) is 0 Å². The van der Waals surface area contributed by atoms with Crippen molar-refractivity contribution < 1.29 is 4.74 Å². The quantitative estimate of drug-likeness (QED) is 0.412. The van der Waals surface area contributed by atoms with Gasteiger partial charge in [-0.25, -0.2) is 0 Å². The zero-order valence-corrected chi connectivity index (χ0v) is 16.4. The largest absolute Gasteiger partial charge is 0.489 e. The summed E-state index contributed by atoms with van der Waals surface area (Å²) in [6, 6.07) is 29.6. The number of aryl methyl sites for hydroxylation is 2. The number of fused-ring (bicyclic) bond motifs is 1. The molecule has 0 bridgehead atoms. The van der Waals surface area contributed by atoms with Crippen LogP contribution in [0.15, 0.2) is 84.9 Å². The molecule has 28 heavy (non-hydrogen) atoms. The van der Waals surface area contributed by atoms with Crippen molar-refractivity contribution in [1.29, 1.82) is 0 Å². The molecule has 0 saturated heterocycles. The van der Waals surface area contributed by atoms with E-state index in [1.165, 1.54) is 33.0 Å². The zero-order valence-electron chi connectivity index (χ0n) is 16.4. The van der Waals surface area contributed by atoms with E-state index in [1.807, 2.05) is 6.07 Å². The molecule has 0 spiro atoms. The SMILES string of the molecule is Cc1ccc(NCc2cccc(OCc3cccc4ccccc34)c2)cc1C. The average Bonchev–Trinajstić information content (AvgIpc) is 2.73. The number of ether oxygens (including phenoxy) is 1. The number of hydrogen-bond acceptors (Lipinski definition) is 2. The number of rotatable bonds is 6. The predicted octanol–water partition coefficient (Wildman–Crippen LogP) is 6.65. The van der Waals surface area contributed by atoms with E-state index in [1.54, 1.807) is 0 Å². The second-order valence-corrected chi connectivity index (χ2v) is 7.23. The topological polar surface area (TPSA) is 21.3 Å². The number of benzene rings is 4. The van der Waals surface area contributed by atoms with E-state index >= 15 is 0 Å². The van der Waals surface area contributed by atoms with Crippen molar-refractivity contribution in [3.63, 3.8) is 0 Å². The average molecular weight is 367 g/mol. The number of anilines is 1. The Labute approximate surface area is 166 Å². The highest BCUT2D eigenvalue weighted by Gasteiger charge is 2.03. The van der Waals surface area contributed by atoms with Crippen LogP contribution >= 0.6 is 0 Å². The van der Waals surface area contributed by atoms with Gasteiger partial charge in [-0.15, -0.1) is 0 Å². The van der Waals surface area contributed by atoms with Gasteiger partial charge in [0, 0.05) is 12.2 Å². The Kier molecular flexibility index (Phi) is 5.29. The lowest BCUT2D eigenvalue weighted by atomic mass is 10.1. The lowest BCUT2D eigenvalue weighted by Crippen LogP contribution is -2.01. The molecule has 1 N–H and O–H groups in total. The lowest BCUT2D eigenvalue weighted by molar-refractivity contribution is 0.307. The molecule has 4 rings (SSSR count). The van der Waals surface area contributed by atoms with Crippen molar-refractivity contribution in [2.24, 2.45) is 0 Å². The first kappa shape index (κ1) is 18.1. The fraction of sp³-hybridized carbons (Fsp3) is 0.154. The van der Waals surface area contributed by atoms with E-state index in [-0.39, 0.29) is 0 Å². The molecule has 140 valence electrons. The van der Waals surface area contributed by atoms with E-state index in [4.69, 9.17) is 4.74 Å². The molecular weight excluding hydrogens is 342 g/mol. The van der Waals surface area contributed by atoms with Crippen molar-refractivity contribution in [3.05, 3.63) is 107 Å². The summed E-state index contributed by atoms with van der Waals surface area (Å²) in [5.74, 6) is 0.896. The molecule has 0 aliphatic carbocycles. The molecular formula is C26H25NO. The Hall–Kier alpha value is -3.26. The third kappa shape index (κ3) is 4.17. The minimum absolute atomic E-state index is 0.565. The van der Waals surface area contributed by atoms with Gasteiger partial charge in [-0.2, -0.15) is 0 Å². The predicted molar refractivity (Wildman–Crippen MR) is 118 cm³/mol. The third-order valence-electron chi connectivity index (χ3n) is 5.18. The molecule has 0 radical (unpaired) electrons. The van der Waals surface area contributed by atoms with Gasteiger partial charge in [0.1, 0.15) is 12.4 Å². The second-order valence-electron chi connectivity index (χ2n) is 7.23. The molecule has 0 saturated carbocycles. The van der Waals surface area contributed by atoms with Crippen LogP contribution in [0.3, 0.4) is 0 Å². The van der Waals surface area contributed by atoms with Gasteiger partial charge in [0.2, 0.25) is 0 Å². The molecule has 0 fully saturated rings. The van der Waals surface area contributed by atoms with Crippen LogP contribution in [0.2, 0.25) is 0 Å². The third-order valence-corrected chi connectivity index (χ3v) is 5.18. The van der Waals surface area contributed by atoms with E-state index in [0.717, 1.165) is 18.0 Å². The van der Waals surface area contributed by atoms with Crippen molar-refractivity contribution in [1.82, 2.24) is 0 Å². The summed E-state index contributed by atoms with van der Waals surface area (Å²) in [5, 5.41) is 5.99. The molecule has 2 nitrogen and oxygen atoms in total. The molecule has 0 aliphatic heterocycles. The first-order valence-corrected chi connectivity index (χ1v) is 9.68. The summed E-state index contributed by atoms with van der Waals surface area (Å²) in [6.45, 7) is 5.61. The van der Waals surface area contributed by atoms with Gasteiger partial charge in [-0.3, -0.25) is 0 Å². The van der Waals surface area contributed by atoms with Crippen molar-refractivity contribution >= 4 is 16.5 Å². The Morgan fingerprint density at radius 2 is 1.57 bits per heavy atom. The standard InChI is InChI=1S/C26H25NO/c1-19-13-14-24(15-20(19)2)27-17-21-7-5-11-25(16-21)28-18-23-10-6-9-22-8-3-4-12-26(22)23/h3-16,27H,17-18H2,1-2H3. The van der Waals surface area contributed by atoms with Crippen molar-refractivity contribution in [2.45, 2.75) is 27.0 Å². The van der Waals surface area contributed by atoms with E-state index in [2.05, 4.69) is 98.0 Å². The number of hydrogen-bond donors (Lipinski definition) is 1. The first-order chi connectivity index (χ1) is 13.7. The Balaban J connectivity index is 1.42. The normalized spacial score (nSPS) is 10.8. The van der Waals surface area contributed by atoms with Gasteiger partial charge in [0.05, 0.1) is 0 Å². The maximum absolute atomic E-state index is 6.10. The minimum Gasteiger partial charge on any atom is -0.489 e. The summed E-state index contributed by atoms with van der Waals surface area (Å²) < 4.78 is 6.10. The Morgan fingerprint density at radius 3 is 2.46 bits per heavy atom. The van der Waals surface area contributed by atoms with Gasteiger partial charge >= 0.3 is 0 Å². The summed E-state index contributed by atoms with van der Waals surface area (Å²) in [6.07, 6.45) is 0. The van der Waals surface area contributed by atoms with Crippen molar-refractivity contribution in [3.8, 4) is 5.75 Å². The second kappa shape index (κ2) is 8.18. The van der Waals surface area contributed by atoms with Crippen LogP contribution in [0.5, 0.6) is 5.75 Å². The Bertz CT molecular complexity index is 1100. The molecule has 0 aromatic heterocycles. The van der Waals surface area contributed by atoms with Crippen LogP contribution in [0, 0.1) is 13.8 Å². The van der Waals surface area contributed by atoms with Gasteiger partial charge in [0.15, 0.2) is 0 Å². The molecule has 2 heteroatoms. The van der Waals surface area contributed by atoms with Crippen LogP contribution in [0.1, 0.15) is 22.3 Å². The van der Waals surface area contributed by atoms with Gasteiger partial charge in [-0.1, -0.05) is 60.7 Å². The van der Waals surface area contributed by atoms with Crippen LogP contribution in [0.4, 0.5) is 5.69 Å². The monoisotopic (exact) mass is 367 g/mol. The number of nitrogens with one attached hydrogen (secondary N) is 1. The molecule has 4 aromatic carbocycles. The van der Waals surface area contributed by atoms with Gasteiger partial charge < -0.3 is 10.1 Å². The Morgan fingerprint density at radius 1 is 0.750 bits per heavy atom. The zero-order chi connectivity index (χ0) is 19.3. The highest BCUT2D eigenvalue weighted by molar-refractivity contribution is 5.85. The maximum atomic E-state index is 6.10. The van der Waals surface area contributed by atoms with Crippen molar-refractivity contribution in [2.75, 3.05) is 5.32 Å². The fourth-order valence-electron chi connectivity index (χ4n) is 3.38. The summed E-state index contributed by atoms with van der Waals surface area (Å²) in [5.41, 5.74) is 6.17. The summed E-state index contributed by atoms with van der Waals surface area (Å²) in [7, 11) is 0. The molecule has 0 amide bonds. The molecule has 0 aliphatic rings. The smallest absolute Gasteiger partial charge is 0.120 e. The van der Waals surface area contributed by atoms with Crippen LogP contribution < -0.4 is 10.1 Å². The molecule has 0 heterocycles. The highest BCUT2D eigenvalue weighted by Crippen LogP contribution is 2.22. The van der Waals surface area contributed by atoms with Crippen LogP contribution in [-0.2, 0) is 13.2 Å². The molecule has 4 aromatic rings. The summed E-state index contributed by atoms with van der Waals surface area (Å²) in [4.78, 5) is 0. The summed E-state index contributed by atoms with van der Waals surface area (Å²) >= 11 is 0. The molecule has 0 unspecified atom stereocenters.